The molecule has 0 spiro atoms. The van der Waals surface area contributed by atoms with E-state index in [1.807, 2.05) is 6.07 Å². The number of aromatic nitrogens is 2. The van der Waals surface area contributed by atoms with E-state index in [1.165, 1.54) is 30.8 Å². The van der Waals surface area contributed by atoms with Gasteiger partial charge >= 0.3 is 0 Å². The van der Waals surface area contributed by atoms with E-state index < -0.39 is 27.5 Å². The van der Waals surface area contributed by atoms with Crippen molar-refractivity contribution in [1.29, 1.82) is 0 Å². The summed E-state index contributed by atoms with van der Waals surface area (Å²) in [6.45, 7) is -5.06. The zero-order valence-corrected chi connectivity index (χ0v) is 21.8. The predicted molar refractivity (Wildman–Crippen MR) is 156 cm³/mol. The second-order valence-corrected chi connectivity index (χ2v) is 13.8. The van der Waals surface area contributed by atoms with Crippen molar-refractivity contribution in [2.24, 2.45) is 5.41 Å². The third-order valence-electron chi connectivity index (χ3n) is 7.63. The van der Waals surface area contributed by atoms with E-state index in [2.05, 4.69) is 42.0 Å². The lowest BCUT2D eigenvalue weighted by Gasteiger charge is -2.34. The lowest BCUT2D eigenvalue weighted by molar-refractivity contribution is 0.224. The van der Waals surface area contributed by atoms with Gasteiger partial charge in [-0.25, -0.2) is 9.97 Å². The molecule has 1 aliphatic carbocycles. The van der Waals surface area contributed by atoms with Crippen LogP contribution in [0, 0.1) is 5.41 Å². The smallest absolute Gasteiger partial charge is 0.116 e. The monoisotopic (exact) mass is 503 g/mol. The van der Waals surface area contributed by atoms with Crippen LogP contribution in [0.15, 0.2) is 60.9 Å². The molecule has 0 saturated heterocycles. The third kappa shape index (κ3) is 4.11. The molecule has 0 bridgehead atoms. The van der Waals surface area contributed by atoms with Crippen molar-refractivity contribution in [2.45, 2.75) is 64.9 Å². The Morgan fingerprint density at radius 3 is 2.54 bits per heavy atom. The minimum absolute atomic E-state index is 0.124. The summed E-state index contributed by atoms with van der Waals surface area (Å²) in [4.78, 5) is 9.22. The van der Waals surface area contributed by atoms with Crippen LogP contribution in [0.4, 0.5) is 0 Å². The lowest BCUT2D eigenvalue weighted by Crippen LogP contribution is -2.38. The second-order valence-electron chi connectivity index (χ2n) is 10.7. The highest BCUT2D eigenvalue weighted by Gasteiger charge is 2.28. The molecule has 0 aliphatic heterocycles. The SMILES string of the molecule is [2H]C([2H])([2H])[Si](c1cc(-c2ncnc3c2sc2cc(C4CCC(C)(C)CC4)ccc23)cc2ccccc12)(C([2H])([2H])[2H])C([2H])([2H])[2H]. The number of nitrogens with zero attached hydrogens (tertiary/aromatic N) is 2. The number of benzene rings is 3. The highest BCUT2D eigenvalue weighted by Crippen LogP contribution is 2.44. The van der Waals surface area contributed by atoms with Crippen molar-refractivity contribution in [3.63, 3.8) is 0 Å². The summed E-state index contributed by atoms with van der Waals surface area (Å²) in [6, 6.07) is 16.7. The first kappa shape index (κ1) is 14.9. The van der Waals surface area contributed by atoms with Crippen molar-refractivity contribution in [3.05, 3.63) is 66.5 Å². The van der Waals surface area contributed by atoms with Gasteiger partial charge in [-0.3, -0.25) is 0 Å². The van der Waals surface area contributed by atoms with E-state index in [0.29, 0.717) is 33.4 Å². The van der Waals surface area contributed by atoms with Gasteiger partial charge in [-0.05, 0) is 65.5 Å². The first-order chi connectivity index (χ1) is 20.4. The molecule has 2 heterocycles. The highest BCUT2D eigenvalue weighted by molar-refractivity contribution is 7.26. The van der Waals surface area contributed by atoms with Gasteiger partial charge in [0.25, 0.3) is 0 Å². The Balaban J connectivity index is 1.59. The van der Waals surface area contributed by atoms with Crippen molar-refractivity contribution in [1.82, 2.24) is 9.97 Å². The van der Waals surface area contributed by atoms with Gasteiger partial charge in [0.2, 0.25) is 0 Å². The molecule has 6 rings (SSSR count). The lowest BCUT2D eigenvalue weighted by atomic mass is 9.71. The molecular weight excluding hydrogens is 461 g/mol. The Hall–Kier alpha value is -2.56. The van der Waals surface area contributed by atoms with E-state index in [4.69, 9.17) is 12.3 Å². The molecule has 2 aromatic heterocycles. The summed E-state index contributed by atoms with van der Waals surface area (Å²) >= 11 is 1.55. The summed E-state index contributed by atoms with van der Waals surface area (Å²) < 4.78 is 77.6. The molecule has 1 saturated carbocycles. The molecule has 35 heavy (non-hydrogen) atoms. The zero-order valence-electron chi connectivity index (χ0n) is 29.0. The summed E-state index contributed by atoms with van der Waals surface area (Å²) in [5.41, 5.74) is 3.44. The molecule has 0 N–H and O–H groups in total. The van der Waals surface area contributed by atoms with Crippen LogP contribution in [-0.4, -0.2) is 18.0 Å². The Labute approximate surface area is 226 Å². The fourth-order valence-corrected chi connectivity index (χ4v) is 7.76. The van der Waals surface area contributed by atoms with Gasteiger partial charge in [-0.15, -0.1) is 11.3 Å². The molecule has 3 aromatic carbocycles. The van der Waals surface area contributed by atoms with Crippen LogP contribution in [0.3, 0.4) is 0 Å². The Bertz CT molecular complexity index is 1840. The van der Waals surface area contributed by atoms with E-state index in [9.17, 15) is 0 Å². The molecule has 2 nitrogen and oxygen atoms in total. The quantitative estimate of drug-likeness (QED) is 0.230. The molecule has 0 amide bonds. The average molecular weight is 504 g/mol. The van der Waals surface area contributed by atoms with Gasteiger partial charge in [-0.2, -0.15) is 0 Å². The van der Waals surface area contributed by atoms with Crippen LogP contribution in [0.1, 0.15) is 63.3 Å². The van der Waals surface area contributed by atoms with E-state index in [1.54, 1.807) is 35.6 Å². The van der Waals surface area contributed by atoms with Gasteiger partial charge < -0.3 is 0 Å². The maximum Gasteiger partial charge on any atom is 0.116 e. The first-order valence-electron chi connectivity index (χ1n) is 16.7. The standard InChI is InChI=1S/C31H34N2SSi/c1-31(2)14-12-20(13-15-31)21-10-11-25-26(17-21)34-30-28(32-19-33-29(25)30)23-16-22-8-6-7-9-24(22)27(18-23)35(3,4)5/h6-11,16-20H,12-15H2,1-5H3/i3D3,4D3,5D3. The zero-order chi connectivity index (χ0) is 31.9. The van der Waals surface area contributed by atoms with Crippen LogP contribution in [0.25, 0.3) is 42.3 Å². The number of fused-ring (bicyclic) bond motifs is 4. The first-order valence-corrected chi connectivity index (χ1v) is 15.0. The highest BCUT2D eigenvalue weighted by atomic mass is 32.1. The van der Waals surface area contributed by atoms with E-state index >= 15 is 0 Å². The molecule has 1 fully saturated rings. The van der Waals surface area contributed by atoms with Crippen molar-refractivity contribution >= 4 is 55.7 Å². The van der Waals surface area contributed by atoms with E-state index in [-0.39, 0.29) is 5.19 Å². The Morgan fingerprint density at radius 2 is 1.74 bits per heavy atom. The fourth-order valence-electron chi connectivity index (χ4n) is 5.54. The largest absolute Gasteiger partial charge is 0.235 e. The van der Waals surface area contributed by atoms with Gasteiger partial charge in [0.05, 0.1) is 24.0 Å². The second kappa shape index (κ2) is 8.24. The van der Waals surface area contributed by atoms with Crippen molar-refractivity contribution < 1.29 is 12.3 Å². The van der Waals surface area contributed by atoms with Crippen LogP contribution in [-0.2, 0) is 0 Å². The van der Waals surface area contributed by atoms with Gasteiger partial charge in [0.1, 0.15) is 6.33 Å². The van der Waals surface area contributed by atoms with Gasteiger partial charge in [0.15, 0.2) is 0 Å². The summed E-state index contributed by atoms with van der Waals surface area (Å²) in [5, 5.41) is 1.75. The summed E-state index contributed by atoms with van der Waals surface area (Å²) in [7, 11) is -5.28. The maximum atomic E-state index is 8.42. The minimum Gasteiger partial charge on any atom is -0.235 e. The number of rotatable bonds is 3. The molecule has 5 aromatic rings. The van der Waals surface area contributed by atoms with E-state index in [0.717, 1.165) is 33.1 Å². The summed E-state index contributed by atoms with van der Waals surface area (Å²) in [6.07, 6.45) is 6.13. The van der Waals surface area contributed by atoms with Crippen molar-refractivity contribution in [3.8, 4) is 11.3 Å². The molecule has 1 aliphatic rings. The van der Waals surface area contributed by atoms with Crippen LogP contribution < -0.4 is 5.19 Å². The Kier molecular flexibility index (Phi) is 3.50. The predicted octanol–water partition coefficient (Wildman–Crippen LogP) is 8.89. The number of hydrogen-bond donors (Lipinski definition) is 0. The molecular formula is C31H34N2SSi. The van der Waals surface area contributed by atoms with Crippen molar-refractivity contribution in [2.75, 3.05) is 0 Å². The van der Waals surface area contributed by atoms with Crippen LogP contribution in [0.5, 0.6) is 0 Å². The normalized spacial score (nSPS) is 21.8. The third-order valence-corrected chi connectivity index (χ3v) is 10.00. The van der Waals surface area contributed by atoms with Crippen LogP contribution in [0.2, 0.25) is 19.4 Å². The van der Waals surface area contributed by atoms with Gasteiger partial charge in [-0.1, -0.05) is 80.9 Å². The Morgan fingerprint density at radius 1 is 0.943 bits per heavy atom. The average Bonchev–Trinajstić information content (AvgIpc) is 3.29. The minimum atomic E-state index is -5.28. The summed E-state index contributed by atoms with van der Waals surface area (Å²) in [5.74, 6) is 0.504. The number of thiophene rings is 1. The maximum absolute atomic E-state index is 8.42. The molecule has 4 heteroatoms. The fraction of sp³-hybridized carbons (Fsp3) is 0.355. The van der Waals surface area contributed by atoms with Crippen LogP contribution >= 0.6 is 11.3 Å². The molecule has 178 valence electrons. The van der Waals surface area contributed by atoms with Gasteiger partial charge in [0, 0.05) is 28.0 Å². The molecule has 0 atom stereocenters. The molecule has 0 radical (unpaired) electrons. The topological polar surface area (TPSA) is 25.8 Å². The number of hydrogen-bond acceptors (Lipinski definition) is 3. The molecule has 0 unspecified atom stereocenters.